The predicted octanol–water partition coefficient (Wildman–Crippen LogP) is 1.44. The van der Waals surface area contributed by atoms with Crippen LogP contribution in [0.1, 0.15) is 6.92 Å². The third-order valence-electron chi connectivity index (χ3n) is 1.68. The number of hydrogen-bond acceptors (Lipinski definition) is 3. The van der Waals surface area contributed by atoms with E-state index in [4.69, 9.17) is 5.11 Å². The Morgan fingerprint density at radius 1 is 1.50 bits per heavy atom. The molecule has 9 heteroatoms. The number of carbonyl (C=O) groups is 1. The number of nitrogens with zero attached hydrogens (tertiary/aromatic N) is 2. The SMILES string of the molecule is CCN1CN(C)C=C1C(=O)O.F[B-](F)(F)F. The van der Waals surface area contributed by atoms with Crippen molar-refractivity contribution >= 4 is 13.2 Å². The van der Waals surface area contributed by atoms with Gasteiger partial charge in [-0.3, -0.25) is 0 Å². The zero-order chi connectivity index (χ0) is 12.9. The number of aliphatic carboxylic acids is 1. The first kappa shape index (κ1) is 14.6. The van der Waals surface area contributed by atoms with Gasteiger partial charge in [0.1, 0.15) is 5.70 Å². The maximum Gasteiger partial charge on any atom is 0.673 e. The Balaban J connectivity index is 0.000000385. The molecule has 0 saturated carbocycles. The first-order valence-electron chi connectivity index (χ1n) is 4.42. The van der Waals surface area contributed by atoms with E-state index in [2.05, 4.69) is 0 Å². The van der Waals surface area contributed by atoms with Crippen LogP contribution < -0.4 is 0 Å². The fraction of sp³-hybridized carbons (Fsp3) is 0.571. The van der Waals surface area contributed by atoms with Gasteiger partial charge in [-0.05, 0) is 6.92 Å². The van der Waals surface area contributed by atoms with Crippen molar-refractivity contribution in [2.24, 2.45) is 0 Å². The second-order valence-corrected chi connectivity index (χ2v) is 3.07. The molecule has 0 aliphatic carbocycles. The van der Waals surface area contributed by atoms with E-state index in [-0.39, 0.29) is 0 Å². The number of likely N-dealkylation sites (N-methyl/N-ethyl adjacent to an activating group) is 1. The molecule has 4 nitrogen and oxygen atoms in total. The molecule has 1 heterocycles. The molecular formula is C7H12BF4N2O2-. The van der Waals surface area contributed by atoms with Crippen molar-refractivity contribution in [3.05, 3.63) is 11.9 Å². The summed E-state index contributed by atoms with van der Waals surface area (Å²) in [6.07, 6.45) is 1.64. The van der Waals surface area contributed by atoms with E-state index >= 15 is 0 Å². The van der Waals surface area contributed by atoms with Gasteiger partial charge in [0.05, 0.1) is 6.67 Å². The maximum absolute atomic E-state index is 10.6. The smallest absolute Gasteiger partial charge is 0.477 e. The van der Waals surface area contributed by atoms with Gasteiger partial charge < -0.3 is 32.2 Å². The first-order chi connectivity index (χ1) is 7.15. The molecule has 16 heavy (non-hydrogen) atoms. The second-order valence-electron chi connectivity index (χ2n) is 3.07. The van der Waals surface area contributed by atoms with Crippen LogP contribution in [-0.4, -0.2) is 48.4 Å². The van der Waals surface area contributed by atoms with E-state index < -0.39 is 13.2 Å². The fourth-order valence-corrected chi connectivity index (χ4v) is 1.14. The number of hydrogen-bond donors (Lipinski definition) is 1. The molecule has 0 amide bonds. The van der Waals surface area contributed by atoms with E-state index in [0.29, 0.717) is 12.4 Å². The van der Waals surface area contributed by atoms with Crippen molar-refractivity contribution in [3.63, 3.8) is 0 Å². The molecule has 0 atom stereocenters. The van der Waals surface area contributed by atoms with Gasteiger partial charge in [0.2, 0.25) is 0 Å². The van der Waals surface area contributed by atoms with Crippen molar-refractivity contribution in [2.75, 3.05) is 20.3 Å². The summed E-state index contributed by atoms with van der Waals surface area (Å²) < 4.78 is 39.0. The Morgan fingerprint density at radius 2 is 1.94 bits per heavy atom. The van der Waals surface area contributed by atoms with Crippen LogP contribution in [0.15, 0.2) is 11.9 Å². The van der Waals surface area contributed by atoms with E-state index in [1.54, 1.807) is 6.20 Å². The standard InChI is InChI=1S/C7H12N2O2.BF4/c1-3-9-5-8(2)4-6(9)7(10)11;2-1(3,4)5/h4H,3,5H2,1-2H3,(H,10,11);/q;-1. The molecular weight excluding hydrogens is 231 g/mol. The highest BCUT2D eigenvalue weighted by molar-refractivity contribution is 6.50. The largest absolute Gasteiger partial charge is 0.673 e. The van der Waals surface area contributed by atoms with Gasteiger partial charge in [0, 0.05) is 19.8 Å². The summed E-state index contributed by atoms with van der Waals surface area (Å²) in [5.41, 5.74) is 0.384. The zero-order valence-corrected chi connectivity index (χ0v) is 8.83. The average molecular weight is 243 g/mol. The minimum atomic E-state index is -6.00. The lowest BCUT2D eigenvalue weighted by Gasteiger charge is -2.17. The van der Waals surface area contributed by atoms with Crippen molar-refractivity contribution in [1.82, 2.24) is 9.80 Å². The lowest BCUT2D eigenvalue weighted by atomic mass is 10.3. The number of carboxylic acid groups (broad SMARTS) is 1. The van der Waals surface area contributed by atoms with Crippen LogP contribution in [0.3, 0.4) is 0 Å². The van der Waals surface area contributed by atoms with Crippen LogP contribution in [0, 0.1) is 0 Å². The van der Waals surface area contributed by atoms with Gasteiger partial charge in [-0.2, -0.15) is 0 Å². The van der Waals surface area contributed by atoms with Crippen LogP contribution in [0.5, 0.6) is 0 Å². The van der Waals surface area contributed by atoms with Crippen molar-refractivity contribution in [2.45, 2.75) is 6.92 Å². The summed E-state index contributed by atoms with van der Waals surface area (Å²) in [4.78, 5) is 14.2. The molecule has 0 aromatic rings. The van der Waals surface area contributed by atoms with Crippen LogP contribution in [0.4, 0.5) is 17.3 Å². The Morgan fingerprint density at radius 3 is 2.19 bits per heavy atom. The van der Waals surface area contributed by atoms with Crippen LogP contribution in [0.25, 0.3) is 0 Å². The van der Waals surface area contributed by atoms with Gasteiger partial charge in [-0.1, -0.05) is 0 Å². The van der Waals surface area contributed by atoms with Gasteiger partial charge in [-0.15, -0.1) is 0 Å². The number of halogens is 4. The Hall–Kier alpha value is -1.41. The molecule has 0 saturated heterocycles. The molecule has 94 valence electrons. The summed E-state index contributed by atoms with van der Waals surface area (Å²) in [5.74, 6) is -0.851. The van der Waals surface area contributed by atoms with Crippen LogP contribution in [-0.2, 0) is 4.79 Å². The van der Waals surface area contributed by atoms with Crippen molar-refractivity contribution in [3.8, 4) is 0 Å². The highest BCUT2D eigenvalue weighted by atomic mass is 19.5. The van der Waals surface area contributed by atoms with E-state index in [9.17, 15) is 22.1 Å². The molecule has 0 aromatic carbocycles. The summed E-state index contributed by atoms with van der Waals surface area (Å²) in [5, 5.41) is 8.70. The number of carboxylic acids is 1. The zero-order valence-electron chi connectivity index (χ0n) is 8.83. The predicted molar refractivity (Wildman–Crippen MR) is 50.9 cm³/mol. The molecule has 0 bridgehead atoms. The molecule has 1 N–H and O–H groups in total. The van der Waals surface area contributed by atoms with E-state index in [1.165, 1.54) is 0 Å². The minimum Gasteiger partial charge on any atom is -0.477 e. The third-order valence-corrected chi connectivity index (χ3v) is 1.68. The average Bonchev–Trinajstić information content (AvgIpc) is 2.43. The Labute approximate surface area is 90.2 Å². The molecule has 1 aliphatic heterocycles. The highest BCUT2D eigenvalue weighted by Crippen LogP contribution is 2.13. The number of rotatable bonds is 2. The van der Waals surface area contributed by atoms with E-state index in [1.807, 2.05) is 23.8 Å². The lowest BCUT2D eigenvalue weighted by molar-refractivity contribution is -0.134. The van der Waals surface area contributed by atoms with Crippen molar-refractivity contribution in [1.29, 1.82) is 0 Å². The monoisotopic (exact) mass is 243 g/mol. The summed E-state index contributed by atoms with van der Waals surface area (Å²) in [6.45, 7) is 3.36. The van der Waals surface area contributed by atoms with Crippen molar-refractivity contribution < 1.29 is 27.2 Å². The molecule has 1 rings (SSSR count). The summed E-state index contributed by atoms with van der Waals surface area (Å²) >= 11 is 0. The van der Waals surface area contributed by atoms with Gasteiger partial charge in [0.25, 0.3) is 0 Å². The topological polar surface area (TPSA) is 43.8 Å². The molecule has 0 radical (unpaired) electrons. The van der Waals surface area contributed by atoms with Gasteiger partial charge in [-0.25, -0.2) is 4.79 Å². The molecule has 1 aliphatic rings. The first-order valence-corrected chi connectivity index (χ1v) is 4.42. The third kappa shape index (κ3) is 6.15. The lowest BCUT2D eigenvalue weighted by Crippen LogP contribution is -2.27. The maximum atomic E-state index is 10.6. The summed E-state index contributed by atoms with van der Waals surface area (Å²) in [7, 11) is -4.14. The Kier molecular flexibility index (Phi) is 5.12. The van der Waals surface area contributed by atoms with Crippen LogP contribution >= 0.6 is 0 Å². The van der Waals surface area contributed by atoms with Gasteiger partial charge in [0.15, 0.2) is 0 Å². The highest BCUT2D eigenvalue weighted by Gasteiger charge is 2.22. The molecule has 0 aromatic heterocycles. The molecule has 0 unspecified atom stereocenters. The van der Waals surface area contributed by atoms with E-state index in [0.717, 1.165) is 6.54 Å². The molecule has 0 fully saturated rings. The molecule has 0 spiro atoms. The van der Waals surface area contributed by atoms with Crippen LogP contribution in [0.2, 0.25) is 0 Å². The fourth-order valence-electron chi connectivity index (χ4n) is 1.14. The minimum absolute atomic E-state index is 0.384. The second kappa shape index (κ2) is 5.62. The normalized spacial score (nSPS) is 15.5. The summed E-state index contributed by atoms with van der Waals surface area (Å²) in [6, 6.07) is 0. The van der Waals surface area contributed by atoms with Gasteiger partial charge >= 0.3 is 13.2 Å². The quantitative estimate of drug-likeness (QED) is 0.588. The Bertz CT molecular complexity index is 276.